The number of nitrogens with two attached hydrogens (primary N) is 1. The van der Waals surface area contributed by atoms with E-state index in [-0.39, 0.29) is 0 Å². The molecular formula is C12H18N2O5S2. The molecule has 0 heterocycles. The smallest absolute Gasteiger partial charge is 0.242 e. The third kappa shape index (κ3) is 5.72. The van der Waals surface area contributed by atoms with Gasteiger partial charge in [0, 0.05) is 17.6 Å². The second kappa shape index (κ2) is 6.44. The summed E-state index contributed by atoms with van der Waals surface area (Å²) in [5.74, 6) is -1.82. The maximum absolute atomic E-state index is 11.9. The number of nitrogen functional groups attached to an aromatic ring is 1. The molecule has 0 aliphatic heterocycles. The minimum absolute atomic E-state index is 0.380. The lowest BCUT2D eigenvalue weighted by Gasteiger charge is -2.13. The highest BCUT2D eigenvalue weighted by Crippen LogP contribution is 2.13. The molecule has 7 nitrogen and oxygen atoms in total. The number of amides is 1. The fourth-order valence-electron chi connectivity index (χ4n) is 1.47. The Kier molecular flexibility index (Phi) is 5.35. The fourth-order valence-corrected chi connectivity index (χ4v) is 4.35. The molecule has 0 aromatic heterocycles. The van der Waals surface area contributed by atoms with Crippen LogP contribution < -0.4 is 11.1 Å². The zero-order chi connectivity index (χ0) is 16.3. The summed E-state index contributed by atoms with van der Waals surface area (Å²) >= 11 is 0. The summed E-state index contributed by atoms with van der Waals surface area (Å²) in [7, 11) is -7.25. The molecule has 0 saturated heterocycles. The standard InChI is InChI=1S/C12H18N2O5S2/c1-9(21(18,19)7-6-20(2,16)17)12(15)14-11-5-3-4-10(13)8-11/h3-5,8-9H,6-7,13H2,1-2H3,(H,14,15). The minimum Gasteiger partial charge on any atom is -0.399 e. The van der Waals surface area contributed by atoms with Crippen LogP contribution >= 0.6 is 0 Å². The predicted octanol–water partition coefficient (Wildman–Crippen LogP) is 0.0552. The van der Waals surface area contributed by atoms with Gasteiger partial charge in [0.05, 0.1) is 11.5 Å². The molecule has 1 atom stereocenters. The van der Waals surface area contributed by atoms with Gasteiger partial charge in [0.2, 0.25) is 5.91 Å². The summed E-state index contributed by atoms with van der Waals surface area (Å²) in [5, 5.41) is 1.09. The Hall–Kier alpha value is -1.61. The molecule has 1 aromatic rings. The Balaban J connectivity index is 2.77. The third-order valence-electron chi connectivity index (χ3n) is 2.80. The number of benzene rings is 1. The van der Waals surface area contributed by atoms with Crippen LogP contribution in [0.15, 0.2) is 24.3 Å². The van der Waals surface area contributed by atoms with E-state index < -0.39 is 42.3 Å². The first-order chi connectivity index (χ1) is 9.51. The summed E-state index contributed by atoms with van der Waals surface area (Å²) in [5.41, 5.74) is 6.37. The van der Waals surface area contributed by atoms with Crippen LogP contribution in [-0.2, 0) is 24.5 Å². The van der Waals surface area contributed by atoms with Gasteiger partial charge >= 0.3 is 0 Å². The van der Waals surface area contributed by atoms with E-state index in [1.54, 1.807) is 18.2 Å². The summed E-state index contributed by atoms with van der Waals surface area (Å²) < 4.78 is 45.9. The Labute approximate surface area is 124 Å². The number of nitrogens with one attached hydrogen (secondary N) is 1. The van der Waals surface area contributed by atoms with Gasteiger partial charge in [-0.3, -0.25) is 4.79 Å². The van der Waals surface area contributed by atoms with Crippen molar-refractivity contribution in [1.29, 1.82) is 0 Å². The molecule has 0 aliphatic rings. The number of hydrogen-bond acceptors (Lipinski definition) is 6. The molecule has 1 rings (SSSR count). The molecule has 118 valence electrons. The molecule has 0 fully saturated rings. The highest BCUT2D eigenvalue weighted by atomic mass is 32.2. The van der Waals surface area contributed by atoms with E-state index in [1.165, 1.54) is 13.0 Å². The zero-order valence-corrected chi connectivity index (χ0v) is 13.4. The van der Waals surface area contributed by atoms with Crippen molar-refractivity contribution >= 4 is 37.0 Å². The molecule has 1 aromatic carbocycles. The van der Waals surface area contributed by atoms with Crippen LogP contribution in [-0.4, -0.2) is 45.8 Å². The van der Waals surface area contributed by atoms with Gasteiger partial charge in [0.1, 0.15) is 15.1 Å². The molecule has 1 amide bonds. The van der Waals surface area contributed by atoms with Crippen molar-refractivity contribution in [2.24, 2.45) is 0 Å². The van der Waals surface area contributed by atoms with Crippen molar-refractivity contribution in [2.45, 2.75) is 12.2 Å². The summed E-state index contributed by atoms with van der Waals surface area (Å²) in [6, 6.07) is 6.31. The summed E-state index contributed by atoms with van der Waals surface area (Å²) in [6.07, 6.45) is 0.944. The van der Waals surface area contributed by atoms with E-state index in [9.17, 15) is 21.6 Å². The lowest BCUT2D eigenvalue weighted by Crippen LogP contribution is -2.35. The van der Waals surface area contributed by atoms with Crippen LogP contribution in [0.4, 0.5) is 11.4 Å². The van der Waals surface area contributed by atoms with E-state index in [4.69, 9.17) is 5.73 Å². The van der Waals surface area contributed by atoms with Crippen molar-refractivity contribution in [3.8, 4) is 0 Å². The summed E-state index contributed by atoms with van der Waals surface area (Å²) in [6.45, 7) is 1.22. The first-order valence-electron chi connectivity index (χ1n) is 6.07. The van der Waals surface area contributed by atoms with Crippen molar-refractivity contribution in [2.75, 3.05) is 28.8 Å². The van der Waals surface area contributed by atoms with Crippen LogP contribution in [0.2, 0.25) is 0 Å². The molecule has 0 spiro atoms. The van der Waals surface area contributed by atoms with Gasteiger partial charge in [-0.25, -0.2) is 16.8 Å². The van der Waals surface area contributed by atoms with Crippen LogP contribution in [0.25, 0.3) is 0 Å². The van der Waals surface area contributed by atoms with Gasteiger partial charge in [-0.2, -0.15) is 0 Å². The molecule has 0 saturated carbocycles. The second-order valence-corrected chi connectivity index (χ2v) is 9.45. The number of rotatable bonds is 6. The van der Waals surface area contributed by atoms with E-state index in [1.807, 2.05) is 0 Å². The van der Waals surface area contributed by atoms with E-state index in [2.05, 4.69) is 5.32 Å². The van der Waals surface area contributed by atoms with Crippen LogP contribution in [0.3, 0.4) is 0 Å². The van der Waals surface area contributed by atoms with Crippen LogP contribution in [0.1, 0.15) is 6.92 Å². The maximum Gasteiger partial charge on any atom is 0.242 e. The fraction of sp³-hybridized carbons (Fsp3) is 0.417. The van der Waals surface area contributed by atoms with Gasteiger partial charge in [0.25, 0.3) is 0 Å². The average molecular weight is 334 g/mol. The average Bonchev–Trinajstić information content (AvgIpc) is 2.35. The number of hydrogen-bond donors (Lipinski definition) is 2. The minimum atomic E-state index is -3.85. The maximum atomic E-state index is 11.9. The zero-order valence-electron chi connectivity index (χ0n) is 11.7. The normalized spacial score (nSPS) is 13.6. The SMILES string of the molecule is CC(C(=O)Nc1cccc(N)c1)S(=O)(=O)CCS(C)(=O)=O. The number of carbonyl (C=O) groups excluding carboxylic acids is 1. The first-order valence-corrected chi connectivity index (χ1v) is 9.84. The molecule has 1 unspecified atom stereocenters. The molecule has 0 radical (unpaired) electrons. The Bertz CT molecular complexity index is 726. The van der Waals surface area contributed by atoms with E-state index >= 15 is 0 Å². The number of sulfone groups is 2. The van der Waals surface area contributed by atoms with Crippen molar-refractivity contribution in [3.63, 3.8) is 0 Å². The molecule has 0 aliphatic carbocycles. The van der Waals surface area contributed by atoms with Gasteiger partial charge in [-0.05, 0) is 25.1 Å². The molecule has 9 heteroatoms. The van der Waals surface area contributed by atoms with Crippen LogP contribution in [0, 0.1) is 0 Å². The van der Waals surface area contributed by atoms with Crippen LogP contribution in [0.5, 0.6) is 0 Å². The quantitative estimate of drug-likeness (QED) is 0.709. The largest absolute Gasteiger partial charge is 0.399 e. The summed E-state index contributed by atoms with van der Waals surface area (Å²) in [4.78, 5) is 11.9. The third-order valence-corrected chi connectivity index (χ3v) is 6.07. The molecule has 3 N–H and O–H groups in total. The van der Waals surface area contributed by atoms with Gasteiger partial charge in [-0.15, -0.1) is 0 Å². The van der Waals surface area contributed by atoms with Gasteiger partial charge in [0.15, 0.2) is 9.84 Å². The molecular weight excluding hydrogens is 316 g/mol. The Morgan fingerprint density at radius 1 is 1.24 bits per heavy atom. The van der Waals surface area contributed by atoms with E-state index in [0.717, 1.165) is 6.26 Å². The topological polar surface area (TPSA) is 123 Å². The number of anilines is 2. The lowest BCUT2D eigenvalue weighted by atomic mass is 10.3. The second-order valence-electron chi connectivity index (χ2n) is 4.75. The highest BCUT2D eigenvalue weighted by Gasteiger charge is 2.28. The first kappa shape index (κ1) is 17.4. The Morgan fingerprint density at radius 2 is 1.86 bits per heavy atom. The van der Waals surface area contributed by atoms with Crippen molar-refractivity contribution < 1.29 is 21.6 Å². The monoisotopic (exact) mass is 334 g/mol. The van der Waals surface area contributed by atoms with E-state index in [0.29, 0.717) is 11.4 Å². The Morgan fingerprint density at radius 3 is 2.38 bits per heavy atom. The predicted molar refractivity (Wildman–Crippen MR) is 82.4 cm³/mol. The molecule has 0 bridgehead atoms. The molecule has 21 heavy (non-hydrogen) atoms. The number of carbonyl (C=O) groups is 1. The van der Waals surface area contributed by atoms with Gasteiger partial charge in [-0.1, -0.05) is 6.07 Å². The van der Waals surface area contributed by atoms with Crippen molar-refractivity contribution in [1.82, 2.24) is 0 Å². The lowest BCUT2D eigenvalue weighted by molar-refractivity contribution is -0.115. The van der Waals surface area contributed by atoms with Gasteiger partial charge < -0.3 is 11.1 Å². The highest BCUT2D eigenvalue weighted by molar-refractivity contribution is 7.95. The van der Waals surface area contributed by atoms with Crippen molar-refractivity contribution in [3.05, 3.63) is 24.3 Å².